The third-order valence-corrected chi connectivity index (χ3v) is 11.2. The SMILES string of the molecule is Sc1c(-c2ccccc2)cc2sc(-c3ccccc3)nc2c1-c1ccc(N(c2ccc(-c3ccccc3)cc2)c2ccc(-c3ccccc3)cc2)cc1. The number of rotatable bonds is 8. The minimum absolute atomic E-state index is 0.922. The molecule has 0 amide bonds. The summed E-state index contributed by atoms with van der Waals surface area (Å²) >= 11 is 6.95. The molecule has 0 fully saturated rings. The molecule has 0 radical (unpaired) electrons. The quantitative estimate of drug-likeness (QED) is 0.158. The molecule has 0 saturated carbocycles. The lowest BCUT2D eigenvalue weighted by Crippen LogP contribution is -2.09. The molecule has 0 spiro atoms. The number of hydrogen-bond acceptors (Lipinski definition) is 4. The average Bonchev–Trinajstić information content (AvgIpc) is 3.67. The van der Waals surface area contributed by atoms with Crippen molar-refractivity contribution < 1.29 is 0 Å². The van der Waals surface area contributed by atoms with Crippen molar-refractivity contribution in [2.24, 2.45) is 0 Å². The van der Waals surface area contributed by atoms with Crippen LogP contribution in [-0.4, -0.2) is 4.98 Å². The van der Waals surface area contributed by atoms with Crippen LogP contribution in [0.15, 0.2) is 205 Å². The van der Waals surface area contributed by atoms with E-state index in [4.69, 9.17) is 17.6 Å². The van der Waals surface area contributed by atoms with Crippen LogP contribution in [0.1, 0.15) is 0 Å². The minimum atomic E-state index is 0.922. The summed E-state index contributed by atoms with van der Waals surface area (Å²) in [6, 6.07) is 70.7. The van der Waals surface area contributed by atoms with Crippen LogP contribution in [0.3, 0.4) is 0 Å². The molecule has 9 aromatic rings. The number of hydrogen-bond donors (Lipinski definition) is 1. The highest BCUT2D eigenvalue weighted by Gasteiger charge is 2.20. The Morgan fingerprint density at radius 3 is 1.23 bits per heavy atom. The fraction of sp³-hybridized carbons (Fsp3) is 0. The van der Waals surface area contributed by atoms with E-state index >= 15 is 0 Å². The standard InChI is InChI=1S/C49H34N2S2/c52-48-44(38-17-9-3-10-18-38)33-45-47(50-49(53-45)40-19-11-4-12-20-40)46(48)39-25-31-43(32-26-39)51(41-27-21-36(22-28-41)34-13-5-1-6-14-34)42-29-23-37(24-30-42)35-15-7-2-8-16-35/h1-33,52H. The van der Waals surface area contributed by atoms with Gasteiger partial charge in [0, 0.05) is 33.1 Å². The summed E-state index contributed by atoms with van der Waals surface area (Å²) < 4.78 is 1.14. The molecule has 0 aliphatic rings. The van der Waals surface area contributed by atoms with Gasteiger partial charge in [-0.2, -0.15) is 0 Å². The third kappa shape index (κ3) is 6.55. The molecule has 252 valence electrons. The largest absolute Gasteiger partial charge is 0.311 e. The predicted octanol–water partition coefficient (Wildman–Crippen LogP) is 14.4. The number of thiol groups is 1. The molecule has 9 rings (SSSR count). The average molecular weight is 715 g/mol. The molecule has 0 atom stereocenters. The Bertz CT molecular complexity index is 2540. The minimum Gasteiger partial charge on any atom is -0.311 e. The Morgan fingerprint density at radius 2 is 0.774 bits per heavy atom. The maximum absolute atomic E-state index is 5.23. The van der Waals surface area contributed by atoms with Gasteiger partial charge in [-0.15, -0.1) is 24.0 Å². The van der Waals surface area contributed by atoms with E-state index in [0.29, 0.717) is 0 Å². The van der Waals surface area contributed by atoms with Gasteiger partial charge in [-0.05, 0) is 81.4 Å². The van der Waals surface area contributed by atoms with Crippen LogP contribution in [0, 0.1) is 0 Å². The van der Waals surface area contributed by atoms with Crippen LogP contribution in [0.4, 0.5) is 17.1 Å². The number of anilines is 3. The molecule has 1 aromatic heterocycles. The van der Waals surface area contributed by atoms with Gasteiger partial charge in [-0.1, -0.05) is 158 Å². The van der Waals surface area contributed by atoms with Gasteiger partial charge in [0.05, 0.1) is 10.2 Å². The topological polar surface area (TPSA) is 16.1 Å². The zero-order chi connectivity index (χ0) is 35.6. The lowest BCUT2D eigenvalue weighted by Gasteiger charge is -2.26. The molecule has 0 unspecified atom stereocenters. The highest BCUT2D eigenvalue weighted by atomic mass is 32.1. The first-order chi connectivity index (χ1) is 26.2. The van der Waals surface area contributed by atoms with E-state index in [2.05, 4.69) is 199 Å². The zero-order valence-corrected chi connectivity index (χ0v) is 30.5. The van der Waals surface area contributed by atoms with Crippen molar-refractivity contribution in [1.29, 1.82) is 0 Å². The van der Waals surface area contributed by atoms with Crippen molar-refractivity contribution in [2.45, 2.75) is 4.90 Å². The fourth-order valence-electron chi connectivity index (χ4n) is 6.96. The Balaban J connectivity index is 1.15. The van der Waals surface area contributed by atoms with Gasteiger partial charge >= 0.3 is 0 Å². The van der Waals surface area contributed by atoms with Gasteiger partial charge in [0.2, 0.25) is 0 Å². The summed E-state index contributed by atoms with van der Waals surface area (Å²) in [4.78, 5) is 8.48. The first-order valence-corrected chi connectivity index (χ1v) is 18.9. The van der Waals surface area contributed by atoms with Crippen LogP contribution >= 0.6 is 24.0 Å². The Hall–Kier alpha value is -6.20. The smallest absolute Gasteiger partial charge is 0.124 e. The second-order valence-electron chi connectivity index (χ2n) is 13.0. The Morgan fingerprint density at radius 1 is 0.396 bits per heavy atom. The maximum Gasteiger partial charge on any atom is 0.124 e. The monoisotopic (exact) mass is 714 g/mol. The highest BCUT2D eigenvalue weighted by molar-refractivity contribution is 7.80. The molecule has 8 aromatic carbocycles. The van der Waals surface area contributed by atoms with Crippen molar-refractivity contribution in [1.82, 2.24) is 4.98 Å². The van der Waals surface area contributed by atoms with Gasteiger partial charge in [0.25, 0.3) is 0 Å². The van der Waals surface area contributed by atoms with Crippen LogP contribution in [0.25, 0.3) is 65.3 Å². The van der Waals surface area contributed by atoms with Crippen molar-refractivity contribution >= 4 is 51.2 Å². The van der Waals surface area contributed by atoms with E-state index in [9.17, 15) is 0 Å². The van der Waals surface area contributed by atoms with Gasteiger partial charge in [0.15, 0.2) is 0 Å². The highest BCUT2D eigenvalue weighted by Crippen LogP contribution is 2.45. The number of aromatic nitrogens is 1. The first kappa shape index (κ1) is 32.7. The van der Waals surface area contributed by atoms with Gasteiger partial charge in [-0.3, -0.25) is 0 Å². The van der Waals surface area contributed by atoms with Crippen molar-refractivity contribution in [3.8, 4) is 55.1 Å². The summed E-state index contributed by atoms with van der Waals surface area (Å²) in [5.41, 5.74) is 14.4. The second-order valence-corrected chi connectivity index (χ2v) is 14.4. The number of nitrogens with zero attached hydrogens (tertiary/aromatic N) is 2. The summed E-state index contributed by atoms with van der Waals surface area (Å²) in [5.74, 6) is 0. The number of benzene rings is 8. The summed E-state index contributed by atoms with van der Waals surface area (Å²) in [6.45, 7) is 0. The number of thiazole rings is 1. The molecule has 53 heavy (non-hydrogen) atoms. The van der Waals surface area contributed by atoms with E-state index in [-0.39, 0.29) is 0 Å². The Kier molecular flexibility index (Phi) is 8.90. The van der Waals surface area contributed by atoms with Crippen LogP contribution < -0.4 is 4.90 Å². The summed E-state index contributed by atoms with van der Waals surface area (Å²) in [7, 11) is 0. The van der Waals surface area contributed by atoms with E-state index in [1.54, 1.807) is 11.3 Å². The molecular formula is C49H34N2S2. The van der Waals surface area contributed by atoms with E-state index in [1.165, 1.54) is 22.3 Å². The molecule has 1 heterocycles. The number of fused-ring (bicyclic) bond motifs is 1. The molecule has 0 bridgehead atoms. The van der Waals surface area contributed by atoms with Gasteiger partial charge in [-0.25, -0.2) is 4.98 Å². The lowest BCUT2D eigenvalue weighted by atomic mass is 9.97. The van der Waals surface area contributed by atoms with Crippen molar-refractivity contribution in [2.75, 3.05) is 4.90 Å². The molecule has 0 aliphatic heterocycles. The van der Waals surface area contributed by atoms with Crippen LogP contribution in [0.2, 0.25) is 0 Å². The predicted molar refractivity (Wildman–Crippen MR) is 229 cm³/mol. The Labute approximate surface area is 319 Å². The van der Waals surface area contributed by atoms with Gasteiger partial charge in [0.1, 0.15) is 5.01 Å². The molecule has 4 heteroatoms. The summed E-state index contributed by atoms with van der Waals surface area (Å²) in [5, 5.41) is 1.00. The van der Waals surface area contributed by atoms with E-state index in [1.807, 2.05) is 6.07 Å². The first-order valence-electron chi connectivity index (χ1n) is 17.7. The third-order valence-electron chi connectivity index (χ3n) is 9.64. The zero-order valence-electron chi connectivity index (χ0n) is 28.8. The van der Waals surface area contributed by atoms with Crippen molar-refractivity contribution in [3.05, 3.63) is 200 Å². The molecule has 2 nitrogen and oxygen atoms in total. The van der Waals surface area contributed by atoms with Crippen molar-refractivity contribution in [3.63, 3.8) is 0 Å². The molecule has 0 aliphatic carbocycles. The molecule has 0 saturated heterocycles. The van der Waals surface area contributed by atoms with Crippen LogP contribution in [0.5, 0.6) is 0 Å². The van der Waals surface area contributed by atoms with E-state index < -0.39 is 0 Å². The summed E-state index contributed by atoms with van der Waals surface area (Å²) in [6.07, 6.45) is 0. The normalized spacial score (nSPS) is 11.1. The molecule has 0 N–H and O–H groups in total. The maximum atomic E-state index is 5.23. The lowest BCUT2D eigenvalue weighted by molar-refractivity contribution is 1.28. The molecular weight excluding hydrogens is 681 g/mol. The van der Waals surface area contributed by atoms with Gasteiger partial charge < -0.3 is 4.90 Å². The fourth-order valence-corrected chi connectivity index (χ4v) is 8.41. The van der Waals surface area contributed by atoms with Crippen LogP contribution in [-0.2, 0) is 0 Å². The van der Waals surface area contributed by atoms with E-state index in [0.717, 1.165) is 65.0 Å². The second kappa shape index (κ2) is 14.4.